The van der Waals surface area contributed by atoms with Crippen molar-refractivity contribution in [1.29, 1.82) is 0 Å². The molecule has 0 spiro atoms. The van der Waals surface area contributed by atoms with Crippen LogP contribution in [0.25, 0.3) is 0 Å². The monoisotopic (exact) mass is 414 g/mol. The van der Waals surface area contributed by atoms with E-state index < -0.39 is 0 Å². The van der Waals surface area contributed by atoms with Gasteiger partial charge in [-0.25, -0.2) is 9.36 Å². The first-order valence-electron chi connectivity index (χ1n) is 11.6. The predicted molar refractivity (Wildman–Crippen MR) is 110 cm³/mol. The Morgan fingerprint density at radius 2 is 1.13 bits per heavy atom. The first-order chi connectivity index (χ1) is 14.7. The smallest absolute Gasteiger partial charge is 0.165 e. The number of hydrogen-bond donors (Lipinski definition) is 0. The fraction of sp³-hybridized carbons (Fsp3) is 0.900. The highest BCUT2D eigenvalue weighted by Crippen LogP contribution is 2.32. The molecule has 3 saturated carbocycles. The highest BCUT2D eigenvalue weighted by atomic mass is 15.6. The summed E-state index contributed by atoms with van der Waals surface area (Å²) in [6.45, 7) is 3.53. The standard InChI is InChI=1S/C20H34N10/c1-27(13-19-21-23-25-29(19)11-15-7-8-15)17-5-3-4-6-18(17)28(2)14-20-22-24-26-30(20)12-16-9-10-16/h15-18H,3-14H2,1-2H3. The lowest BCUT2D eigenvalue weighted by Crippen LogP contribution is -2.51. The second-order valence-corrected chi connectivity index (χ2v) is 9.69. The number of nitrogens with zero attached hydrogens (tertiary/aromatic N) is 10. The summed E-state index contributed by atoms with van der Waals surface area (Å²) in [6, 6.07) is 0.977. The number of tetrazole rings is 2. The molecular weight excluding hydrogens is 380 g/mol. The lowest BCUT2D eigenvalue weighted by molar-refractivity contribution is 0.0648. The third-order valence-corrected chi connectivity index (χ3v) is 7.08. The molecule has 0 aliphatic heterocycles. The van der Waals surface area contributed by atoms with Crippen molar-refractivity contribution in [2.45, 2.75) is 89.6 Å². The van der Waals surface area contributed by atoms with E-state index in [1.165, 1.54) is 51.4 Å². The highest BCUT2D eigenvalue weighted by molar-refractivity contribution is 4.93. The molecule has 30 heavy (non-hydrogen) atoms. The Bertz CT molecular complexity index is 755. The van der Waals surface area contributed by atoms with Gasteiger partial charge in [0.25, 0.3) is 0 Å². The van der Waals surface area contributed by atoms with E-state index in [4.69, 9.17) is 0 Å². The molecule has 2 unspecified atom stereocenters. The van der Waals surface area contributed by atoms with Gasteiger partial charge < -0.3 is 0 Å². The van der Waals surface area contributed by atoms with Gasteiger partial charge in [-0.15, -0.1) is 10.2 Å². The molecule has 5 rings (SSSR count). The van der Waals surface area contributed by atoms with E-state index in [-0.39, 0.29) is 0 Å². The number of rotatable bonds is 10. The quantitative estimate of drug-likeness (QED) is 0.575. The van der Waals surface area contributed by atoms with Crippen LogP contribution in [0.4, 0.5) is 0 Å². The van der Waals surface area contributed by atoms with Gasteiger partial charge in [0.1, 0.15) is 0 Å². The largest absolute Gasteiger partial charge is 0.294 e. The molecule has 2 atom stereocenters. The third-order valence-electron chi connectivity index (χ3n) is 7.08. The van der Waals surface area contributed by atoms with Crippen molar-refractivity contribution >= 4 is 0 Å². The number of hydrogen-bond acceptors (Lipinski definition) is 8. The highest BCUT2D eigenvalue weighted by Gasteiger charge is 2.33. The molecule has 2 heterocycles. The van der Waals surface area contributed by atoms with Gasteiger partial charge in [-0.05, 0) is 85.3 Å². The van der Waals surface area contributed by atoms with Crippen LogP contribution >= 0.6 is 0 Å². The maximum Gasteiger partial charge on any atom is 0.165 e. The van der Waals surface area contributed by atoms with Crippen LogP contribution in [0.2, 0.25) is 0 Å². The zero-order valence-corrected chi connectivity index (χ0v) is 18.3. The van der Waals surface area contributed by atoms with Gasteiger partial charge in [-0.1, -0.05) is 12.8 Å². The fourth-order valence-corrected chi connectivity index (χ4v) is 4.85. The van der Waals surface area contributed by atoms with Gasteiger partial charge in [0.2, 0.25) is 0 Å². The molecule has 164 valence electrons. The van der Waals surface area contributed by atoms with Crippen LogP contribution < -0.4 is 0 Å². The molecule has 3 fully saturated rings. The van der Waals surface area contributed by atoms with Crippen molar-refractivity contribution in [2.75, 3.05) is 14.1 Å². The van der Waals surface area contributed by atoms with E-state index in [9.17, 15) is 0 Å². The van der Waals surface area contributed by atoms with Crippen molar-refractivity contribution in [3.05, 3.63) is 11.6 Å². The van der Waals surface area contributed by atoms with Crippen LogP contribution in [-0.2, 0) is 26.2 Å². The Hall–Kier alpha value is -1.94. The maximum absolute atomic E-state index is 4.32. The van der Waals surface area contributed by atoms with Crippen molar-refractivity contribution in [3.63, 3.8) is 0 Å². The minimum absolute atomic E-state index is 0.489. The van der Waals surface area contributed by atoms with Gasteiger partial charge in [-0.3, -0.25) is 9.80 Å². The zero-order valence-electron chi connectivity index (χ0n) is 18.3. The molecule has 2 aromatic rings. The Morgan fingerprint density at radius 3 is 1.53 bits per heavy atom. The molecule has 0 radical (unpaired) electrons. The van der Waals surface area contributed by atoms with Crippen molar-refractivity contribution < 1.29 is 0 Å². The summed E-state index contributed by atoms with van der Waals surface area (Å²) < 4.78 is 4.03. The van der Waals surface area contributed by atoms with E-state index in [0.717, 1.165) is 49.7 Å². The molecular formula is C20H34N10. The normalized spacial score (nSPS) is 24.8. The van der Waals surface area contributed by atoms with Gasteiger partial charge in [0.05, 0.1) is 13.1 Å². The first kappa shape index (κ1) is 20.0. The Morgan fingerprint density at radius 1 is 0.700 bits per heavy atom. The van der Waals surface area contributed by atoms with Gasteiger partial charge in [0.15, 0.2) is 11.6 Å². The molecule has 3 aliphatic carbocycles. The number of likely N-dealkylation sites (N-methyl/N-ethyl adjacent to an activating group) is 2. The molecule has 0 aromatic carbocycles. The van der Waals surface area contributed by atoms with Crippen LogP contribution in [0.3, 0.4) is 0 Å². The molecule has 0 amide bonds. The van der Waals surface area contributed by atoms with E-state index in [0.29, 0.717) is 12.1 Å². The second kappa shape index (κ2) is 8.66. The summed E-state index contributed by atoms with van der Waals surface area (Å²) in [7, 11) is 4.45. The average molecular weight is 415 g/mol. The Labute approximate surface area is 178 Å². The molecule has 0 N–H and O–H groups in total. The Kier molecular flexibility index (Phi) is 5.77. The molecule has 10 nitrogen and oxygen atoms in total. The van der Waals surface area contributed by atoms with Gasteiger partial charge in [0, 0.05) is 25.2 Å². The van der Waals surface area contributed by atoms with Crippen LogP contribution in [-0.4, -0.2) is 76.4 Å². The molecule has 2 aromatic heterocycles. The summed E-state index contributed by atoms with van der Waals surface area (Å²) >= 11 is 0. The van der Waals surface area contributed by atoms with Crippen LogP contribution in [0.15, 0.2) is 0 Å². The van der Waals surface area contributed by atoms with Crippen molar-refractivity contribution in [2.24, 2.45) is 11.8 Å². The first-order valence-corrected chi connectivity index (χ1v) is 11.6. The number of aromatic nitrogens is 8. The fourth-order valence-electron chi connectivity index (χ4n) is 4.85. The minimum atomic E-state index is 0.489. The molecule has 3 aliphatic rings. The lowest BCUT2D eigenvalue weighted by atomic mass is 9.88. The van der Waals surface area contributed by atoms with E-state index >= 15 is 0 Å². The van der Waals surface area contributed by atoms with Crippen molar-refractivity contribution in [3.8, 4) is 0 Å². The lowest BCUT2D eigenvalue weighted by Gasteiger charge is -2.42. The summed E-state index contributed by atoms with van der Waals surface area (Å²) in [5, 5.41) is 25.0. The van der Waals surface area contributed by atoms with E-state index in [1.54, 1.807) is 0 Å². The van der Waals surface area contributed by atoms with E-state index in [1.807, 2.05) is 9.36 Å². The summed E-state index contributed by atoms with van der Waals surface area (Å²) in [6.07, 6.45) is 10.2. The minimum Gasteiger partial charge on any atom is -0.294 e. The second-order valence-electron chi connectivity index (χ2n) is 9.69. The predicted octanol–water partition coefficient (Wildman–Crippen LogP) is 1.35. The van der Waals surface area contributed by atoms with Crippen LogP contribution in [0.1, 0.15) is 63.0 Å². The summed E-state index contributed by atoms with van der Waals surface area (Å²) in [5.74, 6) is 3.52. The SMILES string of the molecule is CN(Cc1nnnn1CC1CC1)C1CCCCC1N(C)Cc1nnnn1CC1CC1. The van der Waals surface area contributed by atoms with Crippen LogP contribution in [0.5, 0.6) is 0 Å². The maximum atomic E-state index is 4.32. The zero-order chi connectivity index (χ0) is 20.5. The molecule has 0 bridgehead atoms. The van der Waals surface area contributed by atoms with Gasteiger partial charge >= 0.3 is 0 Å². The topological polar surface area (TPSA) is 93.7 Å². The molecule has 10 heteroatoms. The molecule has 0 saturated heterocycles. The summed E-state index contributed by atoms with van der Waals surface area (Å²) in [4.78, 5) is 4.92. The van der Waals surface area contributed by atoms with Crippen molar-refractivity contribution in [1.82, 2.24) is 50.2 Å². The third kappa shape index (κ3) is 4.69. The average Bonchev–Trinajstić information content (AvgIpc) is 3.65. The van der Waals surface area contributed by atoms with Gasteiger partial charge in [-0.2, -0.15) is 0 Å². The van der Waals surface area contributed by atoms with Crippen LogP contribution in [0, 0.1) is 11.8 Å². The summed E-state index contributed by atoms with van der Waals surface area (Å²) in [5.41, 5.74) is 0. The van der Waals surface area contributed by atoms with E-state index in [2.05, 4.69) is 54.9 Å². The Balaban J connectivity index is 1.23.